The van der Waals surface area contributed by atoms with E-state index in [4.69, 9.17) is 16.3 Å². The van der Waals surface area contributed by atoms with Crippen LogP contribution in [0.25, 0.3) is 0 Å². The molecule has 0 radical (unpaired) electrons. The van der Waals surface area contributed by atoms with Crippen molar-refractivity contribution in [2.24, 2.45) is 5.92 Å². The van der Waals surface area contributed by atoms with Gasteiger partial charge in [0.1, 0.15) is 11.5 Å². The van der Waals surface area contributed by atoms with E-state index in [9.17, 15) is 9.59 Å². The highest BCUT2D eigenvalue weighted by Crippen LogP contribution is 2.46. The Balaban J connectivity index is 0.00000272. The van der Waals surface area contributed by atoms with Crippen molar-refractivity contribution in [1.82, 2.24) is 4.98 Å². The number of benzene rings is 1. The van der Waals surface area contributed by atoms with E-state index in [2.05, 4.69) is 10.3 Å². The number of pyridine rings is 1. The second-order valence-corrected chi connectivity index (χ2v) is 8.53. The second kappa shape index (κ2) is 9.45. The molecule has 31 heavy (non-hydrogen) atoms. The van der Waals surface area contributed by atoms with Gasteiger partial charge in [-0.25, -0.2) is 0 Å². The predicted octanol–water partition coefficient (Wildman–Crippen LogP) is 5.90. The molecule has 1 aliphatic carbocycles. The summed E-state index contributed by atoms with van der Waals surface area (Å²) in [4.78, 5) is 32.2. The molecule has 1 aromatic carbocycles. The summed E-state index contributed by atoms with van der Waals surface area (Å²) in [6.07, 6.45) is 5.00. The summed E-state index contributed by atoms with van der Waals surface area (Å²) >= 11 is 6.06. The van der Waals surface area contributed by atoms with E-state index < -0.39 is 5.60 Å². The lowest BCUT2D eigenvalue weighted by Gasteiger charge is -2.43. The number of rotatable bonds is 4. The number of ether oxygens (including phenoxy) is 1. The number of halogens is 2. The number of aromatic nitrogens is 1. The molecule has 1 saturated carbocycles. The maximum absolute atomic E-state index is 13.6. The lowest BCUT2D eigenvalue weighted by Crippen LogP contribution is -2.55. The van der Waals surface area contributed by atoms with Gasteiger partial charge in [-0.2, -0.15) is 4.98 Å². The molecule has 1 aliphatic heterocycles. The third kappa shape index (κ3) is 4.51. The van der Waals surface area contributed by atoms with E-state index in [0.717, 1.165) is 31.4 Å². The summed E-state index contributed by atoms with van der Waals surface area (Å²) < 4.78 is 6.28. The quantitative estimate of drug-likeness (QED) is 0.612. The van der Waals surface area contributed by atoms with Gasteiger partial charge in [0.15, 0.2) is 5.60 Å². The summed E-state index contributed by atoms with van der Waals surface area (Å²) in [6.45, 7) is 3.85. The molecule has 1 aromatic heterocycles. The number of nitrogens with zero attached hydrogens (tertiary/aromatic N) is 2. The van der Waals surface area contributed by atoms with Crippen LogP contribution >= 0.6 is 24.0 Å². The molecule has 0 unspecified atom stereocenters. The van der Waals surface area contributed by atoms with Crippen molar-refractivity contribution in [2.75, 3.05) is 10.2 Å². The number of nitrogens with one attached hydrogen (secondary N) is 1. The van der Waals surface area contributed by atoms with Crippen molar-refractivity contribution in [2.45, 2.75) is 58.0 Å². The molecular weight excluding hydrogens is 437 g/mol. The number of amides is 2. The minimum Gasteiger partial charge on any atom is -0.459 e. The molecule has 0 saturated heterocycles. The number of hydrogen-bond donors (Lipinski definition) is 1. The van der Waals surface area contributed by atoms with Gasteiger partial charge in [0.05, 0.1) is 0 Å². The summed E-state index contributed by atoms with van der Waals surface area (Å²) in [7, 11) is 0. The van der Waals surface area contributed by atoms with Gasteiger partial charge in [-0.05, 0) is 68.5 Å². The van der Waals surface area contributed by atoms with E-state index >= 15 is 0 Å². The Labute approximate surface area is 193 Å². The zero-order valence-corrected chi connectivity index (χ0v) is 19.3. The smallest absolute Gasteiger partial charge is 0.275 e. The van der Waals surface area contributed by atoms with Gasteiger partial charge in [0.2, 0.25) is 11.8 Å². The first-order valence-electron chi connectivity index (χ1n) is 10.5. The van der Waals surface area contributed by atoms with Gasteiger partial charge in [-0.3, -0.25) is 14.5 Å². The monoisotopic (exact) mass is 463 g/mol. The zero-order chi connectivity index (χ0) is 21.3. The van der Waals surface area contributed by atoms with Crippen LogP contribution in [0.2, 0.25) is 5.02 Å². The minimum atomic E-state index is -0.919. The Morgan fingerprint density at radius 1 is 1.19 bits per heavy atom. The van der Waals surface area contributed by atoms with E-state index in [1.807, 2.05) is 26.0 Å². The normalized spacial score (nSPS) is 17.9. The predicted molar refractivity (Wildman–Crippen MR) is 125 cm³/mol. The van der Waals surface area contributed by atoms with Crippen LogP contribution in [0.15, 0.2) is 36.4 Å². The number of anilines is 3. The first-order chi connectivity index (χ1) is 14.4. The molecule has 4 rings (SSSR count). The Morgan fingerprint density at radius 2 is 1.87 bits per heavy atom. The highest BCUT2D eigenvalue weighted by Gasteiger charge is 2.50. The maximum atomic E-state index is 13.6. The molecule has 2 heterocycles. The Kier molecular flexibility index (Phi) is 7.12. The largest absolute Gasteiger partial charge is 0.459 e. The molecule has 6 nitrogen and oxygen atoms in total. The highest BCUT2D eigenvalue weighted by atomic mass is 35.5. The van der Waals surface area contributed by atoms with Crippen LogP contribution in [0.4, 0.5) is 17.2 Å². The van der Waals surface area contributed by atoms with Crippen molar-refractivity contribution in [3.8, 4) is 5.88 Å². The van der Waals surface area contributed by atoms with Crippen LogP contribution in [-0.4, -0.2) is 22.4 Å². The minimum absolute atomic E-state index is 0. The molecule has 0 bridgehead atoms. The fraction of sp³-hybridized carbons (Fsp3) is 0.435. The molecule has 2 aliphatic rings. The van der Waals surface area contributed by atoms with Gasteiger partial charge >= 0.3 is 0 Å². The van der Waals surface area contributed by atoms with Crippen molar-refractivity contribution in [3.63, 3.8) is 0 Å². The van der Waals surface area contributed by atoms with Crippen LogP contribution in [0.5, 0.6) is 5.88 Å². The van der Waals surface area contributed by atoms with E-state index in [-0.39, 0.29) is 30.1 Å². The van der Waals surface area contributed by atoms with Crippen LogP contribution in [0.3, 0.4) is 0 Å². The summed E-state index contributed by atoms with van der Waals surface area (Å²) in [5.41, 5.74) is 0.370. The molecule has 1 atom stereocenters. The first kappa shape index (κ1) is 23.4. The van der Waals surface area contributed by atoms with Crippen molar-refractivity contribution in [1.29, 1.82) is 0 Å². The Bertz CT molecular complexity index is 959. The molecule has 166 valence electrons. The third-order valence-electron chi connectivity index (χ3n) is 6.02. The third-order valence-corrected chi connectivity index (χ3v) is 6.28. The molecular formula is C23H27Cl2N3O3. The average Bonchev–Trinajstić information content (AvgIpc) is 2.76. The van der Waals surface area contributed by atoms with Crippen LogP contribution < -0.4 is 15.0 Å². The molecule has 1 spiro atoms. The molecule has 2 aromatic rings. The van der Waals surface area contributed by atoms with Crippen LogP contribution in [0, 0.1) is 5.92 Å². The summed E-state index contributed by atoms with van der Waals surface area (Å²) in [5, 5.41) is 3.46. The lowest BCUT2D eigenvalue weighted by molar-refractivity contribution is -0.137. The average molecular weight is 464 g/mol. The summed E-state index contributed by atoms with van der Waals surface area (Å²) in [6, 6.07) is 10.7. The molecule has 1 fully saturated rings. The van der Waals surface area contributed by atoms with Crippen molar-refractivity contribution < 1.29 is 14.3 Å². The topological polar surface area (TPSA) is 71.5 Å². The van der Waals surface area contributed by atoms with E-state index in [1.165, 1.54) is 0 Å². The first-order valence-corrected chi connectivity index (χ1v) is 10.9. The number of fused-ring (bicyclic) bond motifs is 1. The van der Waals surface area contributed by atoms with Crippen LogP contribution in [-0.2, 0) is 9.59 Å². The number of carbonyl (C=O) groups is 2. The lowest BCUT2D eigenvalue weighted by atomic mass is 9.82. The molecule has 1 N–H and O–H groups in total. The maximum Gasteiger partial charge on any atom is 0.275 e. The number of hydrogen-bond acceptors (Lipinski definition) is 4. The van der Waals surface area contributed by atoms with E-state index in [1.54, 1.807) is 29.2 Å². The zero-order valence-electron chi connectivity index (χ0n) is 17.7. The Hall–Kier alpha value is -2.31. The van der Waals surface area contributed by atoms with Gasteiger partial charge in [-0.15, -0.1) is 12.4 Å². The summed E-state index contributed by atoms with van der Waals surface area (Å²) in [5.74, 6) is 0.526. The second-order valence-electron chi connectivity index (χ2n) is 8.09. The Morgan fingerprint density at radius 3 is 2.52 bits per heavy atom. The fourth-order valence-corrected chi connectivity index (χ4v) is 4.14. The SMILES string of the molecule is CC[C@@H](C)C(=O)Nc1ccc2c(n1)OC1(CCCCC1)C(=O)N2c1ccc(Cl)cc1.Cl. The standard InChI is InChI=1S/C23H26ClN3O3.ClH/c1-3-15(2)20(28)25-19-12-11-18-21(26-19)30-23(13-5-4-6-14-23)22(29)27(18)17-9-7-16(24)8-10-17;/h7-12,15H,3-6,13-14H2,1-2H3,(H,25,26,28);1H/t15-;/m1./s1. The van der Waals surface area contributed by atoms with Crippen molar-refractivity contribution in [3.05, 3.63) is 41.4 Å². The molecule has 2 amide bonds. The van der Waals surface area contributed by atoms with Gasteiger partial charge in [0, 0.05) is 16.6 Å². The highest BCUT2D eigenvalue weighted by molar-refractivity contribution is 6.30. The number of carbonyl (C=O) groups excluding carboxylic acids is 2. The van der Waals surface area contributed by atoms with Gasteiger partial charge in [-0.1, -0.05) is 31.9 Å². The molecule has 8 heteroatoms. The fourth-order valence-electron chi connectivity index (χ4n) is 4.01. The van der Waals surface area contributed by atoms with Gasteiger partial charge < -0.3 is 10.1 Å². The van der Waals surface area contributed by atoms with Crippen LogP contribution in [0.1, 0.15) is 52.4 Å². The van der Waals surface area contributed by atoms with Gasteiger partial charge in [0.25, 0.3) is 5.91 Å². The van der Waals surface area contributed by atoms with Crippen molar-refractivity contribution >= 4 is 53.0 Å². The van der Waals surface area contributed by atoms with E-state index in [0.29, 0.717) is 35.2 Å².